The average Bonchev–Trinajstić information content (AvgIpc) is 2.82. The molecule has 0 heterocycles. The molecule has 0 aromatic heterocycles. The van der Waals surface area contributed by atoms with Gasteiger partial charge in [-0.1, -0.05) is 47.9 Å². The van der Waals surface area contributed by atoms with E-state index in [0.717, 1.165) is 5.69 Å². The Morgan fingerprint density at radius 3 is 2.28 bits per heavy atom. The molecule has 0 spiro atoms. The second kappa shape index (κ2) is 10.8. The van der Waals surface area contributed by atoms with E-state index in [4.69, 9.17) is 12.6 Å². The van der Waals surface area contributed by atoms with Gasteiger partial charge in [-0.2, -0.15) is 0 Å². The Hall–Kier alpha value is -4.07. The summed E-state index contributed by atoms with van der Waals surface area (Å²) in [4.78, 5) is 38.6. The fourth-order valence-electron chi connectivity index (χ4n) is 2.85. The van der Waals surface area contributed by atoms with Gasteiger partial charge in [0.2, 0.25) is 5.91 Å². The third-order valence-electron chi connectivity index (χ3n) is 4.60. The smallest absolute Gasteiger partial charge is 0.262 e. The Labute approximate surface area is 187 Å². The molecular formula is C24H22BN3O4. The molecule has 3 aromatic rings. The van der Waals surface area contributed by atoms with Crippen LogP contribution >= 0.6 is 0 Å². The molecule has 0 aliphatic heterocycles. The normalized spacial score (nSPS) is 10.2. The van der Waals surface area contributed by atoms with E-state index in [-0.39, 0.29) is 36.3 Å². The van der Waals surface area contributed by atoms with Crippen LogP contribution in [0.15, 0.2) is 78.9 Å². The third kappa shape index (κ3) is 6.22. The van der Waals surface area contributed by atoms with Gasteiger partial charge < -0.3 is 20.3 Å². The number of rotatable bonds is 8. The third-order valence-corrected chi connectivity index (χ3v) is 4.60. The molecule has 8 heteroatoms. The molecule has 7 nitrogen and oxygen atoms in total. The van der Waals surface area contributed by atoms with E-state index in [1.807, 2.05) is 18.2 Å². The minimum absolute atomic E-state index is 0.184. The van der Waals surface area contributed by atoms with Crippen LogP contribution in [0.4, 0.5) is 11.4 Å². The fraction of sp³-hybridized carbons (Fsp3) is 0.125. The number of likely N-dealkylation sites (N-methyl/N-ethyl adjacent to an activating group) is 1. The first kappa shape index (κ1) is 22.6. The van der Waals surface area contributed by atoms with Crippen molar-refractivity contribution in [2.75, 3.05) is 30.4 Å². The number of nitrogens with one attached hydrogen (secondary N) is 2. The highest BCUT2D eigenvalue weighted by atomic mass is 16.5. The number of hydrogen-bond donors (Lipinski definition) is 2. The van der Waals surface area contributed by atoms with Crippen molar-refractivity contribution in [3.8, 4) is 5.75 Å². The van der Waals surface area contributed by atoms with Crippen molar-refractivity contribution >= 4 is 42.4 Å². The largest absolute Gasteiger partial charge is 0.483 e. The van der Waals surface area contributed by atoms with Crippen molar-refractivity contribution in [2.24, 2.45) is 0 Å². The van der Waals surface area contributed by atoms with E-state index in [9.17, 15) is 14.4 Å². The Kier molecular flexibility index (Phi) is 7.64. The van der Waals surface area contributed by atoms with E-state index in [0.29, 0.717) is 11.2 Å². The average molecular weight is 427 g/mol. The van der Waals surface area contributed by atoms with Crippen molar-refractivity contribution in [1.29, 1.82) is 0 Å². The summed E-state index contributed by atoms with van der Waals surface area (Å²) >= 11 is 0. The molecule has 0 atom stereocenters. The van der Waals surface area contributed by atoms with Gasteiger partial charge in [-0.3, -0.25) is 14.4 Å². The number of carbonyl (C=O) groups is 3. The highest BCUT2D eigenvalue weighted by Crippen LogP contribution is 2.18. The van der Waals surface area contributed by atoms with Crippen LogP contribution in [0.2, 0.25) is 0 Å². The van der Waals surface area contributed by atoms with Gasteiger partial charge in [0.15, 0.2) is 6.61 Å². The van der Waals surface area contributed by atoms with Crippen LogP contribution < -0.4 is 25.7 Å². The summed E-state index contributed by atoms with van der Waals surface area (Å²) in [6.45, 7) is -0.472. The van der Waals surface area contributed by atoms with Crippen LogP contribution in [-0.4, -0.2) is 45.8 Å². The maximum Gasteiger partial charge on any atom is 0.262 e. The molecule has 0 aliphatic rings. The van der Waals surface area contributed by atoms with Crippen molar-refractivity contribution in [2.45, 2.75) is 0 Å². The number of nitrogens with zero attached hydrogens (tertiary/aromatic N) is 1. The minimum Gasteiger partial charge on any atom is -0.483 e. The summed E-state index contributed by atoms with van der Waals surface area (Å²) in [5.41, 5.74) is 2.12. The number of para-hydroxylation sites is 2. The first-order chi connectivity index (χ1) is 15.4. The summed E-state index contributed by atoms with van der Waals surface area (Å²) in [6.07, 6.45) is 0. The molecule has 0 fully saturated rings. The topological polar surface area (TPSA) is 87.7 Å². The highest BCUT2D eigenvalue weighted by molar-refractivity contribution is 6.32. The van der Waals surface area contributed by atoms with Gasteiger partial charge in [-0.15, -0.1) is 0 Å². The Morgan fingerprint density at radius 1 is 0.906 bits per heavy atom. The quantitative estimate of drug-likeness (QED) is 0.538. The molecular weight excluding hydrogens is 405 g/mol. The summed E-state index contributed by atoms with van der Waals surface area (Å²) in [5, 5.41) is 5.29. The second-order valence-corrected chi connectivity index (χ2v) is 6.93. The monoisotopic (exact) mass is 427 g/mol. The molecule has 0 unspecified atom stereocenters. The van der Waals surface area contributed by atoms with Gasteiger partial charge in [-0.05, 0) is 36.4 Å². The molecule has 2 radical (unpaired) electrons. The van der Waals surface area contributed by atoms with E-state index in [1.165, 1.54) is 4.90 Å². The molecule has 0 bridgehead atoms. The lowest BCUT2D eigenvalue weighted by Gasteiger charge is -2.18. The zero-order chi connectivity index (χ0) is 22.9. The van der Waals surface area contributed by atoms with E-state index >= 15 is 0 Å². The number of anilines is 2. The fourth-order valence-corrected chi connectivity index (χ4v) is 2.85. The van der Waals surface area contributed by atoms with Crippen LogP contribution in [0, 0.1) is 0 Å². The molecule has 3 amide bonds. The van der Waals surface area contributed by atoms with E-state index in [2.05, 4.69) is 10.6 Å². The zero-order valence-electron chi connectivity index (χ0n) is 17.6. The van der Waals surface area contributed by atoms with Gasteiger partial charge in [0.1, 0.15) is 13.6 Å². The highest BCUT2D eigenvalue weighted by Gasteiger charge is 2.16. The zero-order valence-corrected chi connectivity index (χ0v) is 17.6. The van der Waals surface area contributed by atoms with Gasteiger partial charge in [0.05, 0.1) is 12.1 Å². The second-order valence-electron chi connectivity index (χ2n) is 6.93. The first-order valence-electron chi connectivity index (χ1n) is 9.91. The lowest BCUT2D eigenvalue weighted by molar-refractivity contribution is -0.118. The lowest BCUT2D eigenvalue weighted by atomic mass is 9.96. The van der Waals surface area contributed by atoms with Crippen LogP contribution in [0.25, 0.3) is 0 Å². The van der Waals surface area contributed by atoms with Crippen molar-refractivity contribution < 1.29 is 19.1 Å². The van der Waals surface area contributed by atoms with Crippen molar-refractivity contribution in [3.63, 3.8) is 0 Å². The minimum atomic E-state index is -0.477. The SMILES string of the molecule is [B]c1ccc(NC(=O)COc2ccccc2C(=O)NCC(=O)N(C)c2ccccc2)cc1. The molecule has 0 saturated heterocycles. The molecule has 0 aliphatic carbocycles. The summed E-state index contributed by atoms with van der Waals surface area (Å²) < 4.78 is 5.55. The number of hydrogen-bond acceptors (Lipinski definition) is 4. The molecule has 3 aromatic carbocycles. The van der Waals surface area contributed by atoms with E-state index < -0.39 is 5.91 Å². The first-order valence-corrected chi connectivity index (χ1v) is 9.91. The van der Waals surface area contributed by atoms with Crippen LogP contribution in [0.5, 0.6) is 5.75 Å². The number of carbonyl (C=O) groups excluding carboxylic acids is 3. The number of benzene rings is 3. The summed E-state index contributed by atoms with van der Waals surface area (Å²) in [5.74, 6) is -0.897. The predicted octanol–water partition coefficient (Wildman–Crippen LogP) is 1.89. The standard InChI is InChI=1S/C24H22BN3O4/c1-28(19-7-3-2-4-8-19)23(30)15-26-24(31)20-9-5-6-10-21(20)32-16-22(29)27-18-13-11-17(25)12-14-18/h2-14H,15-16H2,1H3,(H,26,31)(H,27,29). The van der Waals surface area contributed by atoms with Gasteiger partial charge in [-0.25, -0.2) is 0 Å². The molecule has 0 saturated carbocycles. The molecule has 32 heavy (non-hydrogen) atoms. The van der Waals surface area contributed by atoms with Crippen LogP contribution in [-0.2, 0) is 9.59 Å². The van der Waals surface area contributed by atoms with Crippen LogP contribution in [0.3, 0.4) is 0 Å². The van der Waals surface area contributed by atoms with Gasteiger partial charge in [0, 0.05) is 18.4 Å². The number of ether oxygens (including phenoxy) is 1. The summed E-state index contributed by atoms with van der Waals surface area (Å²) in [7, 11) is 7.27. The Balaban J connectivity index is 1.55. The number of amides is 3. The Morgan fingerprint density at radius 2 is 1.56 bits per heavy atom. The van der Waals surface area contributed by atoms with Gasteiger partial charge >= 0.3 is 0 Å². The molecule has 2 N–H and O–H groups in total. The molecule has 3 rings (SSSR count). The van der Waals surface area contributed by atoms with Crippen LogP contribution in [0.1, 0.15) is 10.4 Å². The van der Waals surface area contributed by atoms with Crippen molar-refractivity contribution in [1.82, 2.24) is 5.32 Å². The van der Waals surface area contributed by atoms with Gasteiger partial charge in [0.25, 0.3) is 11.8 Å². The van der Waals surface area contributed by atoms with Crippen molar-refractivity contribution in [3.05, 3.63) is 84.4 Å². The summed E-state index contributed by atoms with van der Waals surface area (Å²) in [6, 6.07) is 22.3. The Bertz CT molecular complexity index is 1090. The molecule has 160 valence electrons. The van der Waals surface area contributed by atoms with E-state index in [1.54, 1.807) is 67.7 Å². The predicted molar refractivity (Wildman–Crippen MR) is 125 cm³/mol. The maximum atomic E-state index is 12.6. The lowest BCUT2D eigenvalue weighted by Crippen LogP contribution is -2.38. The maximum absolute atomic E-state index is 12.6.